The van der Waals surface area contributed by atoms with Crippen LogP contribution < -0.4 is 0 Å². The third kappa shape index (κ3) is 3.32. The summed E-state index contributed by atoms with van der Waals surface area (Å²) in [6.07, 6.45) is 4.09. The van der Waals surface area contributed by atoms with Gasteiger partial charge in [-0.05, 0) is 48.3 Å². The van der Waals surface area contributed by atoms with Gasteiger partial charge >= 0.3 is 0 Å². The predicted octanol–water partition coefficient (Wildman–Crippen LogP) is 2.43. The Morgan fingerprint density at radius 2 is 2.09 bits per heavy atom. The zero-order valence-electron chi connectivity index (χ0n) is 12.1. The van der Waals surface area contributed by atoms with E-state index in [-0.39, 0.29) is 4.90 Å². The molecular formula is C13H16N4O2S3. The molecule has 0 unspecified atom stereocenters. The summed E-state index contributed by atoms with van der Waals surface area (Å²) in [5.74, 6) is 0.820. The highest BCUT2D eigenvalue weighted by Crippen LogP contribution is 2.28. The normalized spacial score (nSPS) is 16.2. The lowest BCUT2D eigenvalue weighted by Crippen LogP contribution is -2.27. The van der Waals surface area contributed by atoms with Crippen LogP contribution in [0.2, 0.25) is 0 Å². The maximum Gasteiger partial charge on any atom is 0.244 e. The largest absolute Gasteiger partial charge is 0.248 e. The van der Waals surface area contributed by atoms with Crippen LogP contribution in [0.3, 0.4) is 0 Å². The number of nitrogens with zero attached hydrogens (tertiary/aromatic N) is 4. The molecule has 2 aromatic rings. The molecule has 0 atom stereocenters. The Bertz CT molecular complexity index is 737. The van der Waals surface area contributed by atoms with Crippen molar-refractivity contribution >= 4 is 33.3 Å². The molecule has 0 amide bonds. The molecule has 2 aromatic heterocycles. The first-order valence-electron chi connectivity index (χ1n) is 7.06. The van der Waals surface area contributed by atoms with Gasteiger partial charge in [0.05, 0.1) is 0 Å². The van der Waals surface area contributed by atoms with Crippen LogP contribution in [0.25, 0.3) is 0 Å². The lowest BCUT2D eigenvalue weighted by Gasteiger charge is -2.15. The lowest BCUT2D eigenvalue weighted by molar-refractivity contribution is 0.477. The first-order valence-corrected chi connectivity index (χ1v) is 10.1. The average Bonchev–Trinajstić information content (AvgIpc) is 3.19. The highest BCUT2D eigenvalue weighted by Gasteiger charge is 2.27. The smallest absolute Gasteiger partial charge is 0.244 e. The van der Waals surface area contributed by atoms with Gasteiger partial charge in [-0.3, -0.25) is 0 Å². The fourth-order valence-corrected chi connectivity index (χ4v) is 5.22. The third-order valence-electron chi connectivity index (χ3n) is 3.37. The van der Waals surface area contributed by atoms with Crippen LogP contribution in [0.4, 0.5) is 0 Å². The first kappa shape index (κ1) is 15.9. The lowest BCUT2D eigenvalue weighted by atomic mass is 10.4. The minimum atomic E-state index is -3.39. The van der Waals surface area contributed by atoms with Crippen molar-refractivity contribution in [2.75, 3.05) is 13.1 Å². The number of pyridine rings is 1. The molecule has 1 aliphatic heterocycles. The van der Waals surface area contributed by atoms with Gasteiger partial charge in [-0.15, -0.1) is 0 Å². The van der Waals surface area contributed by atoms with Crippen LogP contribution in [-0.2, 0) is 16.4 Å². The Labute approximate surface area is 138 Å². The topological polar surface area (TPSA) is 76.1 Å². The molecule has 9 heteroatoms. The summed E-state index contributed by atoms with van der Waals surface area (Å²) in [5, 5.41) is 0.721. The van der Waals surface area contributed by atoms with Crippen LogP contribution in [0, 0.1) is 0 Å². The zero-order valence-corrected chi connectivity index (χ0v) is 14.5. The number of sulfonamides is 1. The van der Waals surface area contributed by atoms with E-state index in [0.717, 1.165) is 34.5 Å². The van der Waals surface area contributed by atoms with Crippen LogP contribution in [0.5, 0.6) is 0 Å². The summed E-state index contributed by atoms with van der Waals surface area (Å²) in [5.41, 5.74) is 0. The SMILES string of the molecule is CCc1nsc(Sc2ccc(S(=O)(=O)N3CCCC3)cn2)n1. The fraction of sp³-hybridized carbons (Fsp3) is 0.462. The van der Waals surface area contributed by atoms with E-state index in [1.54, 1.807) is 12.1 Å². The maximum absolute atomic E-state index is 12.4. The van der Waals surface area contributed by atoms with Gasteiger partial charge in [-0.1, -0.05) is 6.92 Å². The van der Waals surface area contributed by atoms with Gasteiger partial charge in [0.15, 0.2) is 4.34 Å². The predicted molar refractivity (Wildman–Crippen MR) is 85.6 cm³/mol. The van der Waals surface area contributed by atoms with Crippen molar-refractivity contribution in [1.82, 2.24) is 18.6 Å². The average molecular weight is 356 g/mol. The van der Waals surface area contributed by atoms with Gasteiger partial charge in [0, 0.05) is 25.7 Å². The van der Waals surface area contributed by atoms with E-state index in [9.17, 15) is 8.42 Å². The Balaban J connectivity index is 1.74. The molecule has 3 heterocycles. The number of aryl methyl sites for hydroxylation is 1. The van der Waals surface area contributed by atoms with Crippen molar-refractivity contribution in [2.24, 2.45) is 0 Å². The molecule has 1 aliphatic rings. The highest BCUT2D eigenvalue weighted by molar-refractivity contribution is 8.00. The number of aromatic nitrogens is 3. The van der Waals surface area contributed by atoms with Crippen molar-refractivity contribution in [3.8, 4) is 0 Å². The summed E-state index contributed by atoms with van der Waals surface area (Å²) >= 11 is 2.74. The summed E-state index contributed by atoms with van der Waals surface area (Å²) in [7, 11) is -3.39. The van der Waals surface area contributed by atoms with Crippen LogP contribution in [0.15, 0.2) is 32.6 Å². The molecule has 0 saturated carbocycles. The zero-order chi connectivity index (χ0) is 15.6. The van der Waals surface area contributed by atoms with Crippen molar-refractivity contribution < 1.29 is 8.42 Å². The molecule has 1 fully saturated rings. The van der Waals surface area contributed by atoms with Crippen molar-refractivity contribution in [2.45, 2.75) is 40.4 Å². The second-order valence-electron chi connectivity index (χ2n) is 4.88. The quantitative estimate of drug-likeness (QED) is 0.819. The molecule has 0 N–H and O–H groups in total. The van der Waals surface area contributed by atoms with E-state index >= 15 is 0 Å². The number of rotatable bonds is 5. The Kier molecular flexibility index (Phi) is 4.76. The van der Waals surface area contributed by atoms with E-state index in [0.29, 0.717) is 13.1 Å². The number of hydrogen-bond acceptors (Lipinski definition) is 7. The summed E-state index contributed by atoms with van der Waals surface area (Å²) in [6.45, 7) is 3.21. The van der Waals surface area contributed by atoms with Gasteiger partial charge in [0.25, 0.3) is 0 Å². The van der Waals surface area contributed by atoms with Gasteiger partial charge in [-0.2, -0.15) is 8.68 Å². The first-order chi connectivity index (χ1) is 10.6. The molecule has 6 nitrogen and oxygen atoms in total. The summed E-state index contributed by atoms with van der Waals surface area (Å²) in [6, 6.07) is 3.34. The second kappa shape index (κ2) is 6.61. The van der Waals surface area contributed by atoms with Gasteiger partial charge in [-0.25, -0.2) is 18.4 Å². The molecule has 0 radical (unpaired) electrons. The molecular weight excluding hydrogens is 340 g/mol. The van der Waals surface area contributed by atoms with Gasteiger partial charge in [0.1, 0.15) is 15.7 Å². The van der Waals surface area contributed by atoms with E-state index in [2.05, 4.69) is 14.3 Å². The number of hydrogen-bond donors (Lipinski definition) is 0. The van der Waals surface area contributed by atoms with Gasteiger partial charge < -0.3 is 0 Å². The molecule has 118 valence electrons. The maximum atomic E-state index is 12.4. The van der Waals surface area contributed by atoms with E-state index in [1.165, 1.54) is 33.8 Å². The van der Waals surface area contributed by atoms with E-state index in [1.807, 2.05) is 6.92 Å². The molecule has 0 aromatic carbocycles. The highest BCUT2D eigenvalue weighted by atomic mass is 32.2. The van der Waals surface area contributed by atoms with Crippen LogP contribution >= 0.6 is 23.3 Å². The standard InChI is InChI=1S/C13H16N4O2S3/c1-2-11-15-13(21-16-11)20-12-6-5-10(9-14-12)22(18,19)17-7-3-4-8-17/h5-6,9H,2-4,7-8H2,1H3. The minimum absolute atomic E-state index is 0.255. The Hall–Kier alpha value is -1.03. The molecule has 22 heavy (non-hydrogen) atoms. The molecule has 3 rings (SSSR count). The van der Waals surface area contributed by atoms with Gasteiger partial charge in [0.2, 0.25) is 10.0 Å². The minimum Gasteiger partial charge on any atom is -0.248 e. The van der Waals surface area contributed by atoms with Crippen molar-refractivity contribution in [3.63, 3.8) is 0 Å². The summed E-state index contributed by atoms with van der Waals surface area (Å²) in [4.78, 5) is 8.86. The molecule has 0 aliphatic carbocycles. The fourth-order valence-electron chi connectivity index (χ4n) is 2.17. The molecule has 0 bridgehead atoms. The van der Waals surface area contributed by atoms with E-state index < -0.39 is 10.0 Å². The van der Waals surface area contributed by atoms with Crippen LogP contribution in [0.1, 0.15) is 25.6 Å². The molecule has 0 spiro atoms. The van der Waals surface area contributed by atoms with Crippen LogP contribution in [-0.4, -0.2) is 40.2 Å². The molecule has 1 saturated heterocycles. The Morgan fingerprint density at radius 3 is 2.68 bits per heavy atom. The van der Waals surface area contributed by atoms with Crippen molar-refractivity contribution in [3.05, 3.63) is 24.2 Å². The Morgan fingerprint density at radius 1 is 1.32 bits per heavy atom. The van der Waals surface area contributed by atoms with E-state index in [4.69, 9.17) is 0 Å². The monoisotopic (exact) mass is 356 g/mol. The summed E-state index contributed by atoms with van der Waals surface area (Å²) < 4.78 is 31.4. The third-order valence-corrected chi connectivity index (χ3v) is 6.99. The second-order valence-corrected chi connectivity index (χ2v) is 8.83. The van der Waals surface area contributed by atoms with Crippen molar-refractivity contribution in [1.29, 1.82) is 0 Å².